The molecule has 21 heavy (non-hydrogen) atoms. The number of benzene rings is 1. The van der Waals surface area contributed by atoms with Crippen molar-refractivity contribution in [3.05, 3.63) is 40.2 Å². The molecule has 9 heteroatoms. The van der Waals surface area contributed by atoms with E-state index in [2.05, 4.69) is 30.6 Å². The molecule has 2 aromatic rings. The fourth-order valence-corrected chi connectivity index (χ4v) is 3.37. The van der Waals surface area contributed by atoms with Crippen molar-refractivity contribution in [3.8, 4) is 5.75 Å². The molecule has 0 saturated carbocycles. The lowest BCUT2D eigenvalue weighted by atomic mass is 10.3. The third-order valence-corrected chi connectivity index (χ3v) is 4.39. The van der Waals surface area contributed by atoms with Crippen molar-refractivity contribution in [3.63, 3.8) is 0 Å². The smallest absolute Gasteiger partial charge is 0.266 e. The van der Waals surface area contributed by atoms with Crippen LogP contribution in [0.25, 0.3) is 0 Å². The predicted octanol–water partition coefficient (Wildman–Crippen LogP) is 3.09. The number of halogens is 2. The molecular weight excluding hydrogens is 382 g/mol. The molecule has 1 aromatic carbocycles. The van der Waals surface area contributed by atoms with E-state index in [-0.39, 0.29) is 21.6 Å². The van der Waals surface area contributed by atoms with Crippen LogP contribution in [0.3, 0.4) is 0 Å². The number of hydrogen-bond donors (Lipinski definition) is 1. The summed E-state index contributed by atoms with van der Waals surface area (Å²) in [5, 5.41) is 0.0921. The summed E-state index contributed by atoms with van der Waals surface area (Å²) >= 11 is 8.93. The zero-order valence-corrected chi connectivity index (χ0v) is 14.0. The van der Waals surface area contributed by atoms with Crippen LogP contribution in [0.2, 0.25) is 5.15 Å². The van der Waals surface area contributed by atoms with Crippen LogP contribution in [0.4, 0.5) is 5.82 Å². The molecule has 0 saturated heterocycles. The van der Waals surface area contributed by atoms with E-state index < -0.39 is 10.0 Å². The first-order valence-corrected chi connectivity index (χ1v) is 8.50. The van der Waals surface area contributed by atoms with E-state index >= 15 is 0 Å². The van der Waals surface area contributed by atoms with Gasteiger partial charge in [0.1, 0.15) is 15.8 Å². The summed E-state index contributed by atoms with van der Waals surface area (Å²) in [6.07, 6.45) is 2.58. The van der Waals surface area contributed by atoms with Crippen LogP contribution < -0.4 is 9.46 Å². The normalized spacial score (nSPS) is 11.2. The molecule has 0 radical (unpaired) electrons. The van der Waals surface area contributed by atoms with E-state index in [4.69, 9.17) is 16.3 Å². The molecule has 1 heterocycles. The van der Waals surface area contributed by atoms with Gasteiger partial charge < -0.3 is 4.74 Å². The first-order chi connectivity index (χ1) is 9.92. The van der Waals surface area contributed by atoms with Gasteiger partial charge in [-0.25, -0.2) is 13.4 Å². The molecule has 0 unspecified atom stereocenters. The summed E-state index contributed by atoms with van der Waals surface area (Å²) in [6.45, 7) is 2.12. The lowest BCUT2D eigenvalue weighted by molar-refractivity contribution is 0.331. The van der Waals surface area contributed by atoms with Gasteiger partial charge in [-0.05, 0) is 25.1 Å². The standard InChI is InChI=1S/C12H11BrClN3O3S/c1-2-20-9-4-3-8(13)5-10(9)21(18,19)17-12-7-15-6-11(14)16-12/h3-7H,2H2,1H3,(H,16,17). The van der Waals surface area contributed by atoms with Gasteiger partial charge in [0.25, 0.3) is 10.0 Å². The maximum Gasteiger partial charge on any atom is 0.266 e. The number of anilines is 1. The lowest BCUT2D eigenvalue weighted by Gasteiger charge is -2.12. The van der Waals surface area contributed by atoms with Crippen molar-refractivity contribution in [2.24, 2.45) is 0 Å². The van der Waals surface area contributed by atoms with E-state index in [9.17, 15) is 8.42 Å². The number of nitrogens with one attached hydrogen (secondary N) is 1. The Hall–Kier alpha value is -1.38. The van der Waals surface area contributed by atoms with Gasteiger partial charge in [-0.15, -0.1) is 0 Å². The van der Waals surface area contributed by atoms with Gasteiger partial charge in [-0.1, -0.05) is 27.5 Å². The van der Waals surface area contributed by atoms with Gasteiger partial charge in [0.2, 0.25) is 0 Å². The van der Waals surface area contributed by atoms with E-state index in [0.29, 0.717) is 11.1 Å². The van der Waals surface area contributed by atoms with Gasteiger partial charge in [0, 0.05) is 4.47 Å². The number of nitrogens with zero attached hydrogens (tertiary/aromatic N) is 2. The molecule has 112 valence electrons. The highest BCUT2D eigenvalue weighted by molar-refractivity contribution is 9.10. The maximum atomic E-state index is 12.4. The number of aromatic nitrogens is 2. The zero-order valence-electron chi connectivity index (χ0n) is 10.9. The molecule has 0 atom stereocenters. The fraction of sp³-hybridized carbons (Fsp3) is 0.167. The van der Waals surface area contributed by atoms with Crippen LogP contribution >= 0.6 is 27.5 Å². The van der Waals surface area contributed by atoms with Crippen LogP contribution in [0, 0.1) is 0 Å². The Kier molecular flexibility index (Phi) is 5.02. The monoisotopic (exact) mass is 391 g/mol. The summed E-state index contributed by atoms with van der Waals surface area (Å²) in [4.78, 5) is 7.62. The summed E-state index contributed by atoms with van der Waals surface area (Å²) in [5.41, 5.74) is 0. The SMILES string of the molecule is CCOc1ccc(Br)cc1S(=O)(=O)Nc1cncc(Cl)n1. The van der Waals surface area contributed by atoms with Gasteiger partial charge in [0.05, 0.1) is 19.0 Å². The Balaban J connectivity index is 2.41. The van der Waals surface area contributed by atoms with Crippen molar-refractivity contribution in [2.45, 2.75) is 11.8 Å². The second-order valence-electron chi connectivity index (χ2n) is 3.86. The molecule has 2 rings (SSSR count). The van der Waals surface area contributed by atoms with Crippen LogP contribution in [0.5, 0.6) is 5.75 Å². The summed E-state index contributed by atoms with van der Waals surface area (Å²) in [7, 11) is -3.87. The molecule has 1 aromatic heterocycles. The zero-order chi connectivity index (χ0) is 15.5. The predicted molar refractivity (Wildman–Crippen MR) is 83.2 cm³/mol. The van der Waals surface area contributed by atoms with Crippen molar-refractivity contribution < 1.29 is 13.2 Å². The number of hydrogen-bond acceptors (Lipinski definition) is 5. The van der Waals surface area contributed by atoms with Crippen molar-refractivity contribution in [1.82, 2.24) is 9.97 Å². The first kappa shape index (κ1) is 16.0. The molecule has 0 aliphatic rings. The number of rotatable bonds is 5. The minimum Gasteiger partial charge on any atom is -0.492 e. The Bertz CT molecular complexity index is 755. The van der Waals surface area contributed by atoms with Gasteiger partial charge in [-0.2, -0.15) is 0 Å². The Morgan fingerprint density at radius 2 is 2.14 bits per heavy atom. The van der Waals surface area contributed by atoms with E-state index in [1.54, 1.807) is 19.1 Å². The molecule has 0 spiro atoms. The van der Waals surface area contributed by atoms with Crippen LogP contribution in [-0.2, 0) is 10.0 Å². The third-order valence-electron chi connectivity index (χ3n) is 2.34. The summed E-state index contributed by atoms with van der Waals surface area (Å²) < 4.78 is 33.1. The highest BCUT2D eigenvalue weighted by atomic mass is 79.9. The molecule has 0 bridgehead atoms. The molecule has 1 N–H and O–H groups in total. The largest absolute Gasteiger partial charge is 0.492 e. The number of sulfonamides is 1. The highest BCUT2D eigenvalue weighted by Gasteiger charge is 2.21. The van der Waals surface area contributed by atoms with Crippen LogP contribution in [0.1, 0.15) is 6.92 Å². The summed E-state index contributed by atoms with van der Waals surface area (Å²) in [6, 6.07) is 4.72. The summed E-state index contributed by atoms with van der Waals surface area (Å²) in [5.74, 6) is 0.285. The number of ether oxygens (including phenoxy) is 1. The average Bonchev–Trinajstić information content (AvgIpc) is 2.40. The molecule has 0 amide bonds. The average molecular weight is 393 g/mol. The third kappa shape index (κ3) is 4.05. The highest BCUT2D eigenvalue weighted by Crippen LogP contribution is 2.28. The lowest BCUT2D eigenvalue weighted by Crippen LogP contribution is -2.15. The fourth-order valence-electron chi connectivity index (χ4n) is 1.55. The molecule has 0 fully saturated rings. The molecule has 0 aliphatic heterocycles. The van der Waals surface area contributed by atoms with Gasteiger partial charge in [0.15, 0.2) is 5.82 Å². The van der Waals surface area contributed by atoms with Crippen molar-refractivity contribution in [2.75, 3.05) is 11.3 Å². The van der Waals surface area contributed by atoms with E-state index in [1.807, 2.05) is 0 Å². The Morgan fingerprint density at radius 3 is 2.81 bits per heavy atom. The molecular formula is C12H11BrClN3O3S. The van der Waals surface area contributed by atoms with Gasteiger partial charge >= 0.3 is 0 Å². The maximum absolute atomic E-state index is 12.4. The quantitative estimate of drug-likeness (QED) is 0.845. The van der Waals surface area contributed by atoms with Crippen molar-refractivity contribution in [1.29, 1.82) is 0 Å². The molecule has 0 aliphatic carbocycles. The minimum atomic E-state index is -3.87. The first-order valence-electron chi connectivity index (χ1n) is 5.85. The van der Waals surface area contributed by atoms with Crippen LogP contribution in [-0.4, -0.2) is 25.0 Å². The minimum absolute atomic E-state index is 0.000463. The van der Waals surface area contributed by atoms with Crippen LogP contribution in [0.15, 0.2) is 40.0 Å². The van der Waals surface area contributed by atoms with E-state index in [0.717, 1.165) is 0 Å². The topological polar surface area (TPSA) is 81.2 Å². The van der Waals surface area contributed by atoms with E-state index in [1.165, 1.54) is 18.5 Å². The molecule has 6 nitrogen and oxygen atoms in total. The Morgan fingerprint density at radius 1 is 1.38 bits per heavy atom. The van der Waals surface area contributed by atoms with Gasteiger partial charge in [-0.3, -0.25) is 9.71 Å². The van der Waals surface area contributed by atoms with Crippen molar-refractivity contribution >= 4 is 43.4 Å². The Labute approximate surface area is 135 Å². The second kappa shape index (κ2) is 6.59. The second-order valence-corrected chi connectivity index (χ2v) is 6.81.